The molecule has 1 heterocycles. The zero-order valence-electron chi connectivity index (χ0n) is 12.1. The molecule has 1 aliphatic rings. The number of rotatable bonds is 3. The van der Waals surface area contributed by atoms with Crippen molar-refractivity contribution in [2.45, 2.75) is 25.7 Å². The molecule has 1 amide bonds. The van der Waals surface area contributed by atoms with Crippen LogP contribution in [0, 0.1) is 5.92 Å². The summed E-state index contributed by atoms with van der Waals surface area (Å²) in [4.78, 5) is 38.4. The van der Waals surface area contributed by atoms with Gasteiger partial charge in [0.15, 0.2) is 0 Å². The largest absolute Gasteiger partial charge is 0.345 e. The Morgan fingerprint density at radius 2 is 1.80 bits per heavy atom. The van der Waals surface area contributed by atoms with E-state index in [4.69, 9.17) is 0 Å². The van der Waals surface area contributed by atoms with Crippen molar-refractivity contribution in [1.29, 1.82) is 0 Å². The second-order valence-corrected chi connectivity index (χ2v) is 5.45. The molecular weight excluding hydrogens is 254 g/mol. The highest BCUT2D eigenvalue weighted by molar-refractivity contribution is 6.09. The Kier molecular flexibility index (Phi) is 3.75. The predicted octanol–water partition coefficient (Wildman–Crippen LogP) is 1.58. The molecule has 2 unspecified atom stereocenters. The fourth-order valence-electron chi connectivity index (χ4n) is 3.18. The molecule has 1 aromatic carbocycles. The molecule has 4 heteroatoms. The highest BCUT2D eigenvalue weighted by Gasteiger charge is 2.53. The summed E-state index contributed by atoms with van der Waals surface area (Å²) in [5.41, 5.74) is -0.259. The van der Waals surface area contributed by atoms with E-state index >= 15 is 0 Å². The summed E-state index contributed by atoms with van der Waals surface area (Å²) in [5, 5.41) is 0. The maximum Gasteiger partial charge on any atom is 0.234 e. The molecule has 0 bridgehead atoms. The van der Waals surface area contributed by atoms with Gasteiger partial charge >= 0.3 is 0 Å². The Bertz CT molecular complexity index is 552. The quantitative estimate of drug-likeness (QED) is 0.786. The van der Waals surface area contributed by atoms with Crippen LogP contribution in [-0.4, -0.2) is 36.0 Å². The highest BCUT2D eigenvalue weighted by atomic mass is 16.2. The number of Topliss-reactive ketones (excluding diaryl/α,β-unsaturated/α-hetero) is 2. The number of likely N-dealkylation sites (tertiary alicyclic amines) is 1. The minimum Gasteiger partial charge on any atom is -0.345 e. The molecule has 1 saturated heterocycles. The number of nitrogens with zero attached hydrogens (tertiary/aromatic N) is 1. The topological polar surface area (TPSA) is 54.5 Å². The molecule has 0 saturated carbocycles. The van der Waals surface area contributed by atoms with Crippen LogP contribution in [0.2, 0.25) is 0 Å². The zero-order valence-corrected chi connectivity index (χ0v) is 12.1. The van der Waals surface area contributed by atoms with Gasteiger partial charge in [0.2, 0.25) is 5.91 Å². The molecule has 1 aromatic rings. The fraction of sp³-hybridized carbons (Fsp3) is 0.438. The Balaban J connectivity index is 2.64. The molecule has 2 rings (SSSR count). The molecule has 0 N–H and O–H groups in total. The van der Waals surface area contributed by atoms with E-state index in [-0.39, 0.29) is 17.5 Å². The SMILES string of the molecule is CC(=O)C1C(=O)N(C)CCC1(C(C)=O)c1ccccc1. The lowest BCUT2D eigenvalue weighted by atomic mass is 9.62. The fourth-order valence-corrected chi connectivity index (χ4v) is 3.18. The van der Waals surface area contributed by atoms with Crippen LogP contribution in [0.15, 0.2) is 30.3 Å². The van der Waals surface area contributed by atoms with E-state index in [0.717, 1.165) is 5.56 Å². The lowest BCUT2D eigenvalue weighted by molar-refractivity contribution is -0.151. The van der Waals surface area contributed by atoms with Crippen LogP contribution in [0.3, 0.4) is 0 Å². The van der Waals surface area contributed by atoms with Crippen LogP contribution < -0.4 is 0 Å². The van der Waals surface area contributed by atoms with Gasteiger partial charge in [-0.15, -0.1) is 0 Å². The molecule has 1 fully saturated rings. The number of hydrogen-bond donors (Lipinski definition) is 0. The number of hydrogen-bond acceptors (Lipinski definition) is 3. The van der Waals surface area contributed by atoms with Gasteiger partial charge in [0, 0.05) is 13.6 Å². The second-order valence-electron chi connectivity index (χ2n) is 5.45. The Labute approximate surface area is 118 Å². The first-order chi connectivity index (χ1) is 9.41. The first-order valence-corrected chi connectivity index (χ1v) is 6.73. The van der Waals surface area contributed by atoms with Gasteiger partial charge in [0.1, 0.15) is 17.5 Å². The van der Waals surface area contributed by atoms with Gasteiger partial charge in [0.25, 0.3) is 0 Å². The van der Waals surface area contributed by atoms with E-state index in [1.807, 2.05) is 30.3 Å². The molecule has 1 aliphatic heterocycles. The molecule has 20 heavy (non-hydrogen) atoms. The van der Waals surface area contributed by atoms with Crippen molar-refractivity contribution in [3.05, 3.63) is 35.9 Å². The van der Waals surface area contributed by atoms with Gasteiger partial charge < -0.3 is 4.90 Å². The van der Waals surface area contributed by atoms with E-state index in [2.05, 4.69) is 0 Å². The maximum atomic E-state index is 12.4. The lowest BCUT2D eigenvalue weighted by Crippen LogP contribution is -2.58. The van der Waals surface area contributed by atoms with Crippen molar-refractivity contribution >= 4 is 17.5 Å². The van der Waals surface area contributed by atoms with E-state index < -0.39 is 11.3 Å². The average Bonchev–Trinajstić information content (AvgIpc) is 2.42. The van der Waals surface area contributed by atoms with Crippen LogP contribution in [0.25, 0.3) is 0 Å². The minimum atomic E-state index is -1.02. The number of carbonyl (C=O) groups excluding carboxylic acids is 3. The van der Waals surface area contributed by atoms with Crippen molar-refractivity contribution < 1.29 is 14.4 Å². The molecule has 4 nitrogen and oxygen atoms in total. The molecule has 0 aromatic heterocycles. The molecule has 106 valence electrons. The summed E-state index contributed by atoms with van der Waals surface area (Å²) >= 11 is 0. The zero-order chi connectivity index (χ0) is 14.9. The van der Waals surface area contributed by atoms with Crippen molar-refractivity contribution in [3.63, 3.8) is 0 Å². The van der Waals surface area contributed by atoms with Gasteiger partial charge in [-0.05, 0) is 25.8 Å². The minimum absolute atomic E-state index is 0.120. The summed E-state index contributed by atoms with van der Waals surface area (Å²) in [6, 6.07) is 9.18. The van der Waals surface area contributed by atoms with Gasteiger partial charge in [-0.2, -0.15) is 0 Å². The monoisotopic (exact) mass is 273 g/mol. The molecular formula is C16H19NO3. The molecule has 0 radical (unpaired) electrons. The molecule has 0 spiro atoms. The van der Waals surface area contributed by atoms with Gasteiger partial charge in [-0.3, -0.25) is 14.4 Å². The Hall–Kier alpha value is -1.97. The van der Waals surface area contributed by atoms with Crippen LogP contribution in [0.4, 0.5) is 0 Å². The van der Waals surface area contributed by atoms with E-state index in [9.17, 15) is 14.4 Å². The van der Waals surface area contributed by atoms with E-state index in [1.54, 1.807) is 7.05 Å². The van der Waals surface area contributed by atoms with E-state index in [1.165, 1.54) is 18.7 Å². The standard InChI is InChI=1S/C16H19NO3/c1-11(18)14-15(20)17(3)10-9-16(14,12(2)19)13-7-5-4-6-8-13/h4-8,14H,9-10H2,1-3H3. The summed E-state index contributed by atoms with van der Waals surface area (Å²) in [7, 11) is 1.67. The third-order valence-electron chi connectivity index (χ3n) is 4.28. The Morgan fingerprint density at radius 1 is 1.20 bits per heavy atom. The summed E-state index contributed by atoms with van der Waals surface area (Å²) in [6.07, 6.45) is 0.485. The van der Waals surface area contributed by atoms with Crippen LogP contribution >= 0.6 is 0 Å². The summed E-state index contributed by atoms with van der Waals surface area (Å²) in [5.74, 6) is -1.55. The second kappa shape index (κ2) is 5.19. The molecule has 2 atom stereocenters. The summed E-state index contributed by atoms with van der Waals surface area (Å²) < 4.78 is 0. The number of piperidine rings is 1. The van der Waals surface area contributed by atoms with Crippen molar-refractivity contribution in [1.82, 2.24) is 4.90 Å². The van der Waals surface area contributed by atoms with E-state index in [0.29, 0.717) is 13.0 Å². The van der Waals surface area contributed by atoms with Crippen molar-refractivity contribution in [3.8, 4) is 0 Å². The normalized spacial score (nSPS) is 26.4. The summed E-state index contributed by atoms with van der Waals surface area (Å²) in [6.45, 7) is 3.35. The average molecular weight is 273 g/mol. The predicted molar refractivity (Wildman–Crippen MR) is 75.2 cm³/mol. The van der Waals surface area contributed by atoms with Crippen LogP contribution in [-0.2, 0) is 19.8 Å². The maximum absolute atomic E-state index is 12.4. The Morgan fingerprint density at radius 3 is 2.30 bits per heavy atom. The number of benzene rings is 1. The third kappa shape index (κ3) is 2.05. The number of ketones is 2. The van der Waals surface area contributed by atoms with Gasteiger partial charge in [-0.1, -0.05) is 30.3 Å². The molecule has 0 aliphatic carbocycles. The lowest BCUT2D eigenvalue weighted by Gasteiger charge is -2.43. The smallest absolute Gasteiger partial charge is 0.234 e. The third-order valence-corrected chi connectivity index (χ3v) is 4.28. The van der Waals surface area contributed by atoms with Gasteiger partial charge in [-0.25, -0.2) is 0 Å². The number of carbonyl (C=O) groups is 3. The highest BCUT2D eigenvalue weighted by Crippen LogP contribution is 2.41. The first kappa shape index (κ1) is 14.4. The van der Waals surface area contributed by atoms with Gasteiger partial charge in [0.05, 0.1) is 5.41 Å². The van der Waals surface area contributed by atoms with Crippen LogP contribution in [0.5, 0.6) is 0 Å². The number of amides is 1. The van der Waals surface area contributed by atoms with Crippen molar-refractivity contribution in [2.75, 3.05) is 13.6 Å². The first-order valence-electron chi connectivity index (χ1n) is 6.73. The van der Waals surface area contributed by atoms with Crippen molar-refractivity contribution in [2.24, 2.45) is 5.92 Å². The van der Waals surface area contributed by atoms with Crippen LogP contribution in [0.1, 0.15) is 25.8 Å².